The highest BCUT2D eigenvalue weighted by Gasteiger charge is 2.32. The molecule has 2 aliphatic rings. The number of amides is 2. The SMILES string of the molecule is O=C(Nc1ccccc1C(=O)N1CCCC1)C1CCN(S(=O)(=O)Cc2ccccc2F)CC1. The molecule has 2 aromatic carbocycles. The van der Waals surface area contributed by atoms with E-state index in [-0.39, 0.29) is 36.4 Å². The van der Waals surface area contributed by atoms with Crippen LogP contribution in [0.1, 0.15) is 41.6 Å². The molecule has 0 atom stereocenters. The van der Waals surface area contributed by atoms with E-state index in [0.29, 0.717) is 24.1 Å². The molecule has 2 amide bonds. The van der Waals surface area contributed by atoms with Gasteiger partial charge in [-0.1, -0.05) is 30.3 Å². The summed E-state index contributed by atoms with van der Waals surface area (Å²) in [5.41, 5.74) is 1.09. The van der Waals surface area contributed by atoms with Crippen molar-refractivity contribution in [3.63, 3.8) is 0 Å². The van der Waals surface area contributed by atoms with Gasteiger partial charge in [0, 0.05) is 37.7 Å². The van der Waals surface area contributed by atoms with Gasteiger partial charge in [0.25, 0.3) is 5.91 Å². The Morgan fingerprint density at radius 3 is 2.27 bits per heavy atom. The number of likely N-dealkylation sites (tertiary alicyclic amines) is 1. The molecule has 0 spiro atoms. The predicted octanol–water partition coefficient (Wildman–Crippen LogP) is 3.24. The van der Waals surface area contributed by atoms with E-state index in [9.17, 15) is 22.4 Å². The minimum absolute atomic E-state index is 0.0857. The summed E-state index contributed by atoms with van der Waals surface area (Å²) in [5.74, 6) is -1.61. The zero-order chi connectivity index (χ0) is 23.4. The summed E-state index contributed by atoms with van der Waals surface area (Å²) in [7, 11) is -3.68. The molecule has 2 fully saturated rings. The average molecular weight is 474 g/mol. The molecular weight excluding hydrogens is 445 g/mol. The molecule has 0 unspecified atom stereocenters. The molecule has 2 saturated heterocycles. The van der Waals surface area contributed by atoms with Crippen molar-refractivity contribution < 1.29 is 22.4 Å². The van der Waals surface area contributed by atoms with Crippen LogP contribution in [-0.2, 0) is 20.6 Å². The molecule has 33 heavy (non-hydrogen) atoms. The summed E-state index contributed by atoms with van der Waals surface area (Å²) in [6, 6.07) is 12.8. The first-order valence-corrected chi connectivity index (χ1v) is 12.9. The van der Waals surface area contributed by atoms with E-state index in [2.05, 4.69) is 5.32 Å². The van der Waals surface area contributed by atoms with E-state index in [1.54, 1.807) is 35.2 Å². The number of nitrogens with one attached hydrogen (secondary N) is 1. The van der Waals surface area contributed by atoms with Gasteiger partial charge in [0.1, 0.15) is 5.82 Å². The predicted molar refractivity (Wildman–Crippen MR) is 124 cm³/mol. The summed E-state index contributed by atoms with van der Waals surface area (Å²) in [6.45, 7) is 1.84. The number of nitrogens with zero attached hydrogens (tertiary/aromatic N) is 2. The van der Waals surface area contributed by atoms with E-state index >= 15 is 0 Å². The summed E-state index contributed by atoms with van der Waals surface area (Å²) in [6.07, 6.45) is 2.70. The number of anilines is 1. The number of benzene rings is 2. The van der Waals surface area contributed by atoms with Crippen molar-refractivity contribution in [2.24, 2.45) is 5.92 Å². The highest BCUT2D eigenvalue weighted by atomic mass is 32.2. The average Bonchev–Trinajstić information content (AvgIpc) is 3.35. The third-order valence-electron chi connectivity index (χ3n) is 6.32. The number of carbonyl (C=O) groups is 2. The van der Waals surface area contributed by atoms with Crippen molar-refractivity contribution in [1.82, 2.24) is 9.21 Å². The van der Waals surface area contributed by atoms with Gasteiger partial charge in [-0.05, 0) is 43.9 Å². The summed E-state index contributed by atoms with van der Waals surface area (Å²) in [5, 5.41) is 2.88. The number of piperidine rings is 1. The van der Waals surface area contributed by atoms with Crippen molar-refractivity contribution in [2.75, 3.05) is 31.5 Å². The standard InChI is InChI=1S/C24H28FN3O4S/c25-21-9-3-1-7-19(21)17-33(31,32)28-15-11-18(12-16-28)23(29)26-22-10-4-2-8-20(22)24(30)27-13-5-6-14-27/h1-4,7-10,18H,5-6,11-17H2,(H,26,29). The molecule has 7 nitrogen and oxygen atoms in total. The molecule has 2 aromatic rings. The molecule has 0 aliphatic carbocycles. The maximum atomic E-state index is 13.9. The number of carbonyl (C=O) groups excluding carboxylic acids is 2. The van der Waals surface area contributed by atoms with Crippen LogP contribution in [0.4, 0.5) is 10.1 Å². The maximum Gasteiger partial charge on any atom is 0.255 e. The van der Waals surface area contributed by atoms with Crippen LogP contribution in [0.3, 0.4) is 0 Å². The van der Waals surface area contributed by atoms with Crippen molar-refractivity contribution >= 4 is 27.5 Å². The monoisotopic (exact) mass is 473 g/mol. The van der Waals surface area contributed by atoms with E-state index in [0.717, 1.165) is 25.9 Å². The van der Waals surface area contributed by atoms with Gasteiger partial charge < -0.3 is 10.2 Å². The lowest BCUT2D eigenvalue weighted by Gasteiger charge is -2.30. The van der Waals surface area contributed by atoms with Crippen LogP contribution in [0.15, 0.2) is 48.5 Å². The molecule has 4 rings (SSSR count). The normalized spacial score (nSPS) is 17.8. The Kier molecular flexibility index (Phi) is 7.09. The number of hydrogen-bond acceptors (Lipinski definition) is 4. The fraction of sp³-hybridized carbons (Fsp3) is 0.417. The fourth-order valence-corrected chi connectivity index (χ4v) is 5.98. The first kappa shape index (κ1) is 23.4. The second kappa shape index (κ2) is 10.0. The molecule has 0 saturated carbocycles. The van der Waals surface area contributed by atoms with Crippen LogP contribution in [-0.4, -0.2) is 55.6 Å². The highest BCUT2D eigenvalue weighted by Crippen LogP contribution is 2.25. The van der Waals surface area contributed by atoms with Crippen molar-refractivity contribution in [1.29, 1.82) is 0 Å². The van der Waals surface area contributed by atoms with E-state index < -0.39 is 21.6 Å². The van der Waals surface area contributed by atoms with Crippen LogP contribution in [0.2, 0.25) is 0 Å². The number of sulfonamides is 1. The maximum absolute atomic E-state index is 13.9. The number of hydrogen-bond donors (Lipinski definition) is 1. The van der Waals surface area contributed by atoms with Crippen molar-refractivity contribution in [2.45, 2.75) is 31.4 Å². The molecule has 2 aliphatic heterocycles. The zero-order valence-electron chi connectivity index (χ0n) is 18.4. The molecule has 9 heteroatoms. The van der Waals surface area contributed by atoms with Crippen LogP contribution in [0.25, 0.3) is 0 Å². The molecule has 0 aromatic heterocycles. The summed E-state index contributed by atoms with van der Waals surface area (Å²) >= 11 is 0. The Balaban J connectivity index is 1.36. The number of halogens is 1. The lowest BCUT2D eigenvalue weighted by atomic mass is 9.97. The van der Waals surface area contributed by atoms with Crippen LogP contribution in [0.5, 0.6) is 0 Å². The van der Waals surface area contributed by atoms with Gasteiger partial charge in [-0.3, -0.25) is 9.59 Å². The van der Waals surface area contributed by atoms with Crippen molar-refractivity contribution in [3.05, 3.63) is 65.5 Å². The summed E-state index contributed by atoms with van der Waals surface area (Å²) < 4.78 is 40.7. The lowest BCUT2D eigenvalue weighted by molar-refractivity contribution is -0.120. The van der Waals surface area contributed by atoms with E-state index in [1.165, 1.54) is 22.5 Å². The van der Waals surface area contributed by atoms with Gasteiger partial charge in [-0.2, -0.15) is 0 Å². The van der Waals surface area contributed by atoms with Gasteiger partial charge in [-0.15, -0.1) is 0 Å². The van der Waals surface area contributed by atoms with E-state index in [4.69, 9.17) is 0 Å². The summed E-state index contributed by atoms with van der Waals surface area (Å²) in [4.78, 5) is 27.5. The molecule has 2 heterocycles. The Morgan fingerprint density at radius 2 is 1.58 bits per heavy atom. The van der Waals surface area contributed by atoms with E-state index in [1.807, 2.05) is 0 Å². The Morgan fingerprint density at radius 1 is 0.939 bits per heavy atom. The Labute approximate surface area is 193 Å². The molecule has 0 bridgehead atoms. The first-order chi connectivity index (χ1) is 15.8. The molecule has 1 N–H and O–H groups in total. The second-order valence-corrected chi connectivity index (χ2v) is 10.5. The topological polar surface area (TPSA) is 86.8 Å². The van der Waals surface area contributed by atoms with Crippen LogP contribution < -0.4 is 5.32 Å². The Bertz CT molecular complexity index is 1120. The van der Waals surface area contributed by atoms with Crippen LogP contribution in [0, 0.1) is 11.7 Å². The van der Waals surface area contributed by atoms with Crippen LogP contribution >= 0.6 is 0 Å². The fourth-order valence-electron chi connectivity index (χ4n) is 4.40. The third-order valence-corrected chi connectivity index (χ3v) is 8.15. The first-order valence-electron chi connectivity index (χ1n) is 11.3. The third kappa shape index (κ3) is 5.42. The van der Waals surface area contributed by atoms with Gasteiger partial charge in [0.2, 0.25) is 15.9 Å². The Hall–Kier alpha value is -2.78. The quantitative estimate of drug-likeness (QED) is 0.698. The van der Waals surface area contributed by atoms with Gasteiger partial charge in [0.15, 0.2) is 0 Å². The lowest BCUT2D eigenvalue weighted by Crippen LogP contribution is -2.42. The second-order valence-electron chi connectivity index (χ2n) is 8.56. The minimum atomic E-state index is -3.68. The smallest absolute Gasteiger partial charge is 0.255 e. The minimum Gasteiger partial charge on any atom is -0.339 e. The van der Waals surface area contributed by atoms with Gasteiger partial charge in [-0.25, -0.2) is 17.1 Å². The number of rotatable bonds is 6. The molecular formula is C24H28FN3O4S. The van der Waals surface area contributed by atoms with Gasteiger partial charge in [0.05, 0.1) is 17.0 Å². The molecule has 176 valence electrons. The van der Waals surface area contributed by atoms with Crippen molar-refractivity contribution in [3.8, 4) is 0 Å². The molecule has 0 radical (unpaired) electrons. The zero-order valence-corrected chi connectivity index (χ0v) is 19.2. The van der Waals surface area contributed by atoms with Gasteiger partial charge >= 0.3 is 0 Å². The largest absolute Gasteiger partial charge is 0.339 e. The number of para-hydroxylation sites is 1. The highest BCUT2D eigenvalue weighted by molar-refractivity contribution is 7.88.